The first kappa shape index (κ1) is 14.1. The Morgan fingerprint density at radius 2 is 2.06 bits per heavy atom. The molecule has 0 radical (unpaired) electrons. The van der Waals surface area contributed by atoms with Crippen LogP contribution in [0.4, 0.5) is 0 Å². The predicted molar refractivity (Wildman–Crippen MR) is 67.8 cm³/mol. The van der Waals surface area contributed by atoms with E-state index in [1.165, 1.54) is 6.26 Å². The number of rotatable bonds is 5. The maximum absolute atomic E-state index is 11.5. The van der Waals surface area contributed by atoms with Crippen molar-refractivity contribution < 1.29 is 12.6 Å². The van der Waals surface area contributed by atoms with Gasteiger partial charge in [0.05, 0.1) is 5.25 Å². The lowest BCUT2D eigenvalue weighted by Gasteiger charge is -2.23. The molecule has 0 aromatic rings. The van der Waals surface area contributed by atoms with E-state index in [9.17, 15) is 12.6 Å². The van der Waals surface area contributed by atoms with Crippen molar-refractivity contribution in [3.8, 4) is 0 Å². The van der Waals surface area contributed by atoms with E-state index in [0.29, 0.717) is 5.75 Å². The maximum atomic E-state index is 11.5. The maximum Gasteiger partial charge on any atom is 0.151 e. The molecule has 0 saturated heterocycles. The standard InChI is InChI=1S/C10H21NO3S2/c1-8(7-15(2)12)11-9-5-4-6-10(9)16(3,13)14/h8-11H,4-7H2,1-3H3. The van der Waals surface area contributed by atoms with Gasteiger partial charge >= 0.3 is 0 Å². The highest BCUT2D eigenvalue weighted by Gasteiger charge is 2.35. The third-order valence-corrected chi connectivity index (χ3v) is 5.62. The van der Waals surface area contributed by atoms with E-state index >= 15 is 0 Å². The van der Waals surface area contributed by atoms with Crippen LogP contribution in [0.1, 0.15) is 26.2 Å². The average Bonchev–Trinajstić information content (AvgIpc) is 2.48. The lowest BCUT2D eigenvalue weighted by molar-refractivity contribution is 0.466. The minimum atomic E-state index is -2.96. The summed E-state index contributed by atoms with van der Waals surface area (Å²) in [7, 11) is -3.80. The van der Waals surface area contributed by atoms with Gasteiger partial charge in [-0.25, -0.2) is 8.42 Å². The summed E-state index contributed by atoms with van der Waals surface area (Å²) in [6, 6.07) is 0.145. The van der Waals surface area contributed by atoms with Crippen LogP contribution < -0.4 is 5.32 Å². The first-order valence-corrected chi connectivity index (χ1v) is 9.24. The Morgan fingerprint density at radius 1 is 1.44 bits per heavy atom. The van der Waals surface area contributed by atoms with Crippen molar-refractivity contribution in [2.24, 2.45) is 0 Å². The summed E-state index contributed by atoms with van der Waals surface area (Å²) in [4.78, 5) is 0. The molecule has 16 heavy (non-hydrogen) atoms. The highest BCUT2D eigenvalue weighted by atomic mass is 32.2. The fourth-order valence-electron chi connectivity index (χ4n) is 2.39. The molecule has 0 aromatic carbocycles. The quantitative estimate of drug-likeness (QED) is 0.778. The van der Waals surface area contributed by atoms with Crippen molar-refractivity contribution in [2.75, 3.05) is 18.3 Å². The molecule has 0 aliphatic heterocycles. The van der Waals surface area contributed by atoms with Crippen LogP contribution in [0.2, 0.25) is 0 Å². The zero-order valence-electron chi connectivity index (χ0n) is 10.1. The summed E-state index contributed by atoms with van der Waals surface area (Å²) in [6.07, 6.45) is 5.58. The smallest absolute Gasteiger partial charge is 0.151 e. The van der Waals surface area contributed by atoms with Gasteiger partial charge in [-0.3, -0.25) is 4.21 Å². The van der Waals surface area contributed by atoms with E-state index in [0.717, 1.165) is 19.3 Å². The van der Waals surface area contributed by atoms with E-state index < -0.39 is 20.6 Å². The Bertz CT molecular complexity index is 353. The summed E-state index contributed by atoms with van der Waals surface area (Å²) in [5.74, 6) is 0.576. The second-order valence-electron chi connectivity index (χ2n) is 4.71. The lowest BCUT2D eigenvalue weighted by atomic mass is 10.2. The first-order valence-electron chi connectivity index (χ1n) is 5.55. The molecular formula is C10H21NO3S2. The van der Waals surface area contributed by atoms with Crippen LogP contribution in [0.25, 0.3) is 0 Å². The van der Waals surface area contributed by atoms with E-state index in [4.69, 9.17) is 0 Å². The normalized spacial score (nSPS) is 30.2. The molecule has 1 aliphatic carbocycles. The van der Waals surface area contributed by atoms with Gasteiger partial charge in [-0.1, -0.05) is 6.42 Å². The Morgan fingerprint density at radius 3 is 2.56 bits per heavy atom. The van der Waals surface area contributed by atoms with Crippen LogP contribution in [0.15, 0.2) is 0 Å². The topological polar surface area (TPSA) is 63.2 Å². The number of hydrogen-bond acceptors (Lipinski definition) is 4. The number of nitrogens with one attached hydrogen (secondary N) is 1. The first-order chi connectivity index (χ1) is 7.30. The van der Waals surface area contributed by atoms with Gasteiger partial charge in [0.1, 0.15) is 0 Å². The summed E-state index contributed by atoms with van der Waals surface area (Å²) >= 11 is 0. The van der Waals surface area contributed by atoms with Gasteiger partial charge in [-0.05, 0) is 19.8 Å². The van der Waals surface area contributed by atoms with Gasteiger partial charge < -0.3 is 5.32 Å². The summed E-state index contributed by atoms with van der Waals surface area (Å²) < 4.78 is 34.2. The Labute approximate surface area is 101 Å². The van der Waals surface area contributed by atoms with Crippen LogP contribution in [0.5, 0.6) is 0 Å². The minimum Gasteiger partial charge on any atom is -0.309 e. The molecule has 0 heterocycles. The van der Waals surface area contributed by atoms with Crippen molar-refractivity contribution in [3.05, 3.63) is 0 Å². The van der Waals surface area contributed by atoms with Gasteiger partial charge in [-0.2, -0.15) is 0 Å². The minimum absolute atomic E-state index is 0.0357. The molecule has 1 N–H and O–H groups in total. The zero-order chi connectivity index (χ0) is 12.3. The highest BCUT2D eigenvalue weighted by Crippen LogP contribution is 2.25. The molecule has 0 amide bonds. The van der Waals surface area contributed by atoms with Crippen LogP contribution >= 0.6 is 0 Å². The van der Waals surface area contributed by atoms with Crippen molar-refractivity contribution >= 4 is 20.6 Å². The molecule has 0 spiro atoms. The SMILES string of the molecule is CC(CS(C)=O)NC1CCCC1S(C)(=O)=O. The summed E-state index contributed by atoms with van der Waals surface area (Å²) in [6.45, 7) is 1.96. The molecule has 0 bridgehead atoms. The molecular weight excluding hydrogens is 246 g/mol. The Kier molecular flexibility index (Phi) is 4.94. The molecule has 1 fully saturated rings. The third-order valence-electron chi connectivity index (χ3n) is 2.99. The predicted octanol–water partition coefficient (Wildman–Crippen LogP) is 0.309. The largest absolute Gasteiger partial charge is 0.309 e. The lowest BCUT2D eigenvalue weighted by Crippen LogP contribution is -2.45. The van der Waals surface area contributed by atoms with Crippen molar-refractivity contribution in [2.45, 2.75) is 43.5 Å². The van der Waals surface area contributed by atoms with Crippen LogP contribution in [0.3, 0.4) is 0 Å². The molecule has 1 saturated carbocycles. The number of sulfone groups is 1. The molecule has 4 unspecified atom stereocenters. The molecule has 0 aromatic heterocycles. The van der Waals surface area contributed by atoms with Gasteiger partial charge in [0.2, 0.25) is 0 Å². The average molecular weight is 267 g/mol. The van der Waals surface area contributed by atoms with Crippen molar-refractivity contribution in [1.29, 1.82) is 0 Å². The van der Waals surface area contributed by atoms with E-state index in [2.05, 4.69) is 5.32 Å². The molecule has 1 aliphatic rings. The highest BCUT2D eigenvalue weighted by molar-refractivity contribution is 7.91. The fourth-order valence-corrected chi connectivity index (χ4v) is 4.60. The van der Waals surface area contributed by atoms with Crippen LogP contribution in [0, 0.1) is 0 Å². The molecule has 1 rings (SSSR count). The van der Waals surface area contributed by atoms with E-state index in [1.54, 1.807) is 6.26 Å². The fraction of sp³-hybridized carbons (Fsp3) is 1.00. The van der Waals surface area contributed by atoms with Crippen LogP contribution in [-0.2, 0) is 20.6 Å². The van der Waals surface area contributed by atoms with Gasteiger partial charge in [0, 0.05) is 41.1 Å². The van der Waals surface area contributed by atoms with E-state index in [-0.39, 0.29) is 17.3 Å². The van der Waals surface area contributed by atoms with Crippen molar-refractivity contribution in [1.82, 2.24) is 5.32 Å². The van der Waals surface area contributed by atoms with Crippen molar-refractivity contribution in [3.63, 3.8) is 0 Å². The van der Waals surface area contributed by atoms with Crippen LogP contribution in [-0.4, -0.2) is 48.2 Å². The second kappa shape index (κ2) is 5.60. The van der Waals surface area contributed by atoms with Gasteiger partial charge in [0.25, 0.3) is 0 Å². The number of hydrogen-bond donors (Lipinski definition) is 1. The molecule has 6 heteroatoms. The molecule has 4 atom stereocenters. The molecule has 96 valence electrons. The molecule has 4 nitrogen and oxygen atoms in total. The van der Waals surface area contributed by atoms with Gasteiger partial charge in [0.15, 0.2) is 9.84 Å². The second-order valence-corrected chi connectivity index (χ2v) is 8.46. The Hall–Kier alpha value is 0.0600. The summed E-state index contributed by atoms with van der Waals surface area (Å²) in [5, 5.41) is 3.03. The monoisotopic (exact) mass is 267 g/mol. The zero-order valence-corrected chi connectivity index (χ0v) is 11.7. The Balaban J connectivity index is 2.56. The van der Waals surface area contributed by atoms with E-state index in [1.807, 2.05) is 6.92 Å². The van der Waals surface area contributed by atoms with Gasteiger partial charge in [-0.15, -0.1) is 0 Å². The summed E-state index contributed by atoms with van der Waals surface area (Å²) in [5.41, 5.74) is 0. The third kappa shape index (κ3) is 4.14.